The van der Waals surface area contributed by atoms with Gasteiger partial charge in [0.1, 0.15) is 18.2 Å². The summed E-state index contributed by atoms with van der Waals surface area (Å²) in [5.74, 6) is 0. The maximum atomic E-state index is 9.47. The molecule has 1 atom stereocenters. The van der Waals surface area contributed by atoms with Gasteiger partial charge in [0.2, 0.25) is 0 Å². The van der Waals surface area contributed by atoms with Crippen molar-refractivity contribution < 1.29 is 4.74 Å². The van der Waals surface area contributed by atoms with E-state index in [4.69, 9.17) is 4.74 Å². The maximum Gasteiger partial charge on any atom is 0.268 e. The minimum Gasteiger partial charge on any atom is -0.332 e. The number of rotatable bonds is 2. The molecule has 3 nitrogen and oxygen atoms in total. The monoisotopic (exact) mass is 272 g/mol. The van der Waals surface area contributed by atoms with E-state index < -0.39 is 5.60 Å². The Morgan fingerprint density at radius 1 is 0.857 bits per heavy atom. The summed E-state index contributed by atoms with van der Waals surface area (Å²) in [4.78, 5) is 0. The lowest BCUT2D eigenvalue weighted by Crippen LogP contribution is -2.26. The summed E-state index contributed by atoms with van der Waals surface area (Å²) >= 11 is 0. The van der Waals surface area contributed by atoms with Crippen LogP contribution >= 0.6 is 0 Å². The van der Waals surface area contributed by atoms with Crippen molar-refractivity contribution in [2.75, 3.05) is 0 Å². The van der Waals surface area contributed by atoms with Gasteiger partial charge in [-0.3, -0.25) is 0 Å². The van der Waals surface area contributed by atoms with Crippen molar-refractivity contribution in [3.8, 4) is 12.1 Å². The van der Waals surface area contributed by atoms with Crippen LogP contribution in [0.3, 0.4) is 0 Å². The van der Waals surface area contributed by atoms with Gasteiger partial charge in [0, 0.05) is 5.57 Å². The van der Waals surface area contributed by atoms with Crippen molar-refractivity contribution in [1.29, 1.82) is 10.5 Å². The summed E-state index contributed by atoms with van der Waals surface area (Å²) in [6.07, 6.45) is 1.47. The van der Waals surface area contributed by atoms with Gasteiger partial charge in [-0.25, -0.2) is 0 Å². The van der Waals surface area contributed by atoms with Crippen molar-refractivity contribution in [2.45, 2.75) is 11.7 Å². The molecule has 0 saturated heterocycles. The van der Waals surface area contributed by atoms with E-state index in [-0.39, 0.29) is 6.10 Å². The van der Waals surface area contributed by atoms with E-state index in [2.05, 4.69) is 0 Å². The highest BCUT2D eigenvalue weighted by atomic mass is 16.5. The normalized spacial score (nSPS) is 19.3. The fourth-order valence-corrected chi connectivity index (χ4v) is 2.48. The molecule has 0 radical (unpaired) electrons. The number of hydrogen-bond acceptors (Lipinski definition) is 3. The Morgan fingerprint density at radius 3 is 2.00 bits per heavy atom. The van der Waals surface area contributed by atoms with E-state index in [1.165, 1.54) is 0 Å². The van der Waals surface area contributed by atoms with E-state index >= 15 is 0 Å². The van der Waals surface area contributed by atoms with Crippen LogP contribution in [-0.2, 0) is 4.74 Å². The van der Waals surface area contributed by atoms with Crippen molar-refractivity contribution in [3.05, 3.63) is 77.9 Å². The minimum atomic E-state index is -1.55. The average Bonchev–Trinajstić information content (AvgIpc) is 2.97. The van der Waals surface area contributed by atoms with Crippen LogP contribution in [0.2, 0.25) is 0 Å². The molecule has 3 heteroatoms. The Bertz CT molecular complexity index is 737. The van der Waals surface area contributed by atoms with Gasteiger partial charge in [-0.2, -0.15) is 10.5 Å². The van der Waals surface area contributed by atoms with E-state index in [1.54, 1.807) is 0 Å². The zero-order valence-corrected chi connectivity index (χ0v) is 11.2. The van der Waals surface area contributed by atoms with Crippen LogP contribution in [0, 0.1) is 22.7 Å². The van der Waals surface area contributed by atoms with Crippen molar-refractivity contribution >= 4 is 5.57 Å². The van der Waals surface area contributed by atoms with Gasteiger partial charge in [0.05, 0.1) is 0 Å². The molecule has 0 amide bonds. The van der Waals surface area contributed by atoms with Gasteiger partial charge >= 0.3 is 0 Å². The van der Waals surface area contributed by atoms with Crippen molar-refractivity contribution in [3.63, 3.8) is 0 Å². The summed E-state index contributed by atoms with van der Waals surface area (Å²) < 4.78 is 5.79. The van der Waals surface area contributed by atoms with E-state index in [0.717, 1.165) is 11.1 Å². The van der Waals surface area contributed by atoms with Crippen LogP contribution in [0.5, 0.6) is 0 Å². The molecule has 0 spiro atoms. The molecule has 2 aromatic rings. The molecule has 0 saturated carbocycles. The first kappa shape index (κ1) is 13.1. The summed E-state index contributed by atoms with van der Waals surface area (Å²) in [5, 5.41) is 18.9. The molecular formula is C18H12N2O. The van der Waals surface area contributed by atoms with Crippen LogP contribution in [-0.4, -0.2) is 5.60 Å². The summed E-state index contributed by atoms with van der Waals surface area (Å²) in [5.41, 5.74) is 0.821. The fourth-order valence-electron chi connectivity index (χ4n) is 2.48. The molecule has 2 aromatic carbocycles. The largest absolute Gasteiger partial charge is 0.332 e. The van der Waals surface area contributed by atoms with Crippen LogP contribution < -0.4 is 0 Å². The van der Waals surface area contributed by atoms with Crippen LogP contribution in [0.1, 0.15) is 17.2 Å². The zero-order valence-electron chi connectivity index (χ0n) is 11.2. The van der Waals surface area contributed by atoms with Crippen LogP contribution in [0.4, 0.5) is 0 Å². The standard InChI is InChI=1S/C18H12N2O/c19-12-18(13-20)16(14-7-3-1-4-8-14)11-17(21-18)15-9-5-2-6-10-15/h1-11,17H/t17-/m1/s1. The maximum absolute atomic E-state index is 9.47. The Labute approximate surface area is 123 Å². The zero-order chi connectivity index (χ0) is 14.7. The lowest BCUT2D eigenvalue weighted by Gasteiger charge is -2.18. The Morgan fingerprint density at radius 2 is 1.43 bits per heavy atom. The fraction of sp³-hybridized carbons (Fsp3) is 0.111. The highest BCUT2D eigenvalue weighted by Gasteiger charge is 2.44. The molecule has 1 heterocycles. The third kappa shape index (κ3) is 2.21. The lowest BCUT2D eigenvalue weighted by atomic mass is 9.91. The Balaban J connectivity index is 2.09. The molecule has 0 aromatic heterocycles. The molecule has 3 rings (SSSR count). The third-order valence-electron chi connectivity index (χ3n) is 3.53. The number of nitriles is 2. The smallest absolute Gasteiger partial charge is 0.268 e. The highest BCUT2D eigenvalue weighted by Crippen LogP contribution is 2.43. The molecule has 1 aliphatic heterocycles. The average molecular weight is 272 g/mol. The predicted molar refractivity (Wildman–Crippen MR) is 78.6 cm³/mol. The molecule has 0 aliphatic carbocycles. The van der Waals surface area contributed by atoms with Gasteiger partial charge in [0.15, 0.2) is 0 Å². The first-order valence-electron chi connectivity index (χ1n) is 6.62. The van der Waals surface area contributed by atoms with E-state index in [0.29, 0.717) is 5.57 Å². The van der Waals surface area contributed by atoms with Gasteiger partial charge in [-0.1, -0.05) is 60.7 Å². The summed E-state index contributed by atoms with van der Waals surface area (Å²) in [6.45, 7) is 0. The molecule has 0 N–H and O–H groups in total. The van der Waals surface area contributed by atoms with Gasteiger partial charge < -0.3 is 4.74 Å². The van der Waals surface area contributed by atoms with Gasteiger partial charge in [-0.15, -0.1) is 0 Å². The first-order chi connectivity index (χ1) is 10.3. The minimum absolute atomic E-state index is 0.388. The first-order valence-corrected chi connectivity index (χ1v) is 6.62. The molecule has 21 heavy (non-hydrogen) atoms. The van der Waals surface area contributed by atoms with Gasteiger partial charge in [-0.05, 0) is 17.2 Å². The molecule has 0 fully saturated rings. The van der Waals surface area contributed by atoms with Crippen molar-refractivity contribution in [2.24, 2.45) is 0 Å². The molecule has 100 valence electrons. The Kier molecular flexibility index (Phi) is 3.28. The predicted octanol–water partition coefficient (Wildman–Crippen LogP) is 3.63. The number of ether oxygens (including phenoxy) is 1. The highest BCUT2D eigenvalue weighted by molar-refractivity contribution is 5.80. The SMILES string of the molecule is N#CC1(C#N)O[C@@H](c2ccccc2)C=C1c1ccccc1. The van der Waals surface area contributed by atoms with Gasteiger partial charge in [0.25, 0.3) is 5.60 Å². The van der Waals surface area contributed by atoms with Crippen LogP contribution in [0.15, 0.2) is 66.7 Å². The quantitative estimate of drug-likeness (QED) is 0.838. The number of nitrogens with zero attached hydrogens (tertiary/aromatic N) is 2. The third-order valence-corrected chi connectivity index (χ3v) is 3.53. The second-order valence-corrected chi connectivity index (χ2v) is 4.80. The summed E-state index contributed by atoms with van der Waals surface area (Å²) in [6, 6.07) is 23.1. The lowest BCUT2D eigenvalue weighted by molar-refractivity contribution is 0.0527. The Hall–Kier alpha value is -2.88. The number of benzene rings is 2. The second kappa shape index (κ2) is 5.25. The van der Waals surface area contributed by atoms with E-state index in [1.807, 2.05) is 78.9 Å². The molecule has 1 aliphatic rings. The summed E-state index contributed by atoms with van der Waals surface area (Å²) in [7, 11) is 0. The van der Waals surface area contributed by atoms with E-state index in [9.17, 15) is 10.5 Å². The van der Waals surface area contributed by atoms with Crippen LogP contribution in [0.25, 0.3) is 5.57 Å². The van der Waals surface area contributed by atoms with Crippen molar-refractivity contribution in [1.82, 2.24) is 0 Å². The molecule has 0 bridgehead atoms. The molecular weight excluding hydrogens is 260 g/mol. The second-order valence-electron chi connectivity index (χ2n) is 4.80. The topological polar surface area (TPSA) is 56.8 Å². The molecule has 0 unspecified atom stereocenters. The number of hydrogen-bond donors (Lipinski definition) is 0.